The van der Waals surface area contributed by atoms with Crippen LogP contribution in [0.25, 0.3) is 0 Å². The SMILES string of the molecule is O=S(=O)(Nc1cccc(Cn2ccnc2)c1)c1cc(C(F)(F)F)cc(C(F)(F)F)c1. The van der Waals surface area contributed by atoms with Crippen LogP contribution in [0.5, 0.6) is 0 Å². The first-order valence-corrected chi connectivity index (χ1v) is 9.70. The maximum Gasteiger partial charge on any atom is 0.416 e. The molecule has 1 N–H and O–H groups in total. The first kappa shape index (κ1) is 21.7. The van der Waals surface area contributed by atoms with Crippen molar-refractivity contribution in [3.8, 4) is 0 Å². The molecule has 0 unspecified atom stereocenters. The van der Waals surface area contributed by atoms with Gasteiger partial charge in [-0.3, -0.25) is 4.72 Å². The summed E-state index contributed by atoms with van der Waals surface area (Å²) < 4.78 is 107. The number of rotatable bonds is 5. The molecule has 1 heterocycles. The molecule has 0 fully saturated rings. The predicted molar refractivity (Wildman–Crippen MR) is 95.0 cm³/mol. The number of hydrogen-bond acceptors (Lipinski definition) is 3. The Morgan fingerprint density at radius 1 is 0.933 bits per heavy atom. The van der Waals surface area contributed by atoms with Crippen LogP contribution in [0, 0.1) is 0 Å². The third kappa shape index (κ3) is 5.12. The molecule has 5 nitrogen and oxygen atoms in total. The van der Waals surface area contributed by atoms with E-state index in [-0.39, 0.29) is 23.9 Å². The molecular formula is C18H13F6N3O2S. The van der Waals surface area contributed by atoms with Crippen LogP contribution in [-0.4, -0.2) is 18.0 Å². The van der Waals surface area contributed by atoms with Crippen molar-refractivity contribution in [1.29, 1.82) is 0 Å². The molecule has 0 saturated carbocycles. The van der Waals surface area contributed by atoms with Crippen LogP contribution in [-0.2, 0) is 28.9 Å². The van der Waals surface area contributed by atoms with Crippen LogP contribution in [0.3, 0.4) is 0 Å². The summed E-state index contributed by atoms with van der Waals surface area (Å²) in [6, 6.07) is 6.09. The Kier molecular flexibility index (Phi) is 5.54. The second-order valence-corrected chi connectivity index (χ2v) is 7.96. The lowest BCUT2D eigenvalue weighted by Gasteiger charge is -2.15. The highest BCUT2D eigenvalue weighted by atomic mass is 32.2. The van der Waals surface area contributed by atoms with Crippen molar-refractivity contribution in [2.75, 3.05) is 4.72 Å². The Morgan fingerprint density at radius 2 is 1.57 bits per heavy atom. The summed E-state index contributed by atoms with van der Waals surface area (Å²) in [5, 5.41) is 0. The highest BCUT2D eigenvalue weighted by Gasteiger charge is 2.38. The number of hydrogen-bond donors (Lipinski definition) is 1. The zero-order valence-electron chi connectivity index (χ0n) is 14.9. The van der Waals surface area contributed by atoms with Crippen LogP contribution in [0.4, 0.5) is 32.0 Å². The summed E-state index contributed by atoms with van der Waals surface area (Å²) in [6.07, 6.45) is -5.58. The van der Waals surface area contributed by atoms with E-state index < -0.39 is 38.4 Å². The minimum atomic E-state index is -5.16. The van der Waals surface area contributed by atoms with Crippen molar-refractivity contribution in [1.82, 2.24) is 9.55 Å². The van der Waals surface area contributed by atoms with Crippen LogP contribution < -0.4 is 4.72 Å². The number of imidazole rings is 1. The molecule has 12 heteroatoms. The van der Waals surface area contributed by atoms with Gasteiger partial charge < -0.3 is 4.57 Å². The predicted octanol–water partition coefficient (Wildman–Crippen LogP) is 4.77. The fraction of sp³-hybridized carbons (Fsp3) is 0.167. The average Bonchev–Trinajstić information content (AvgIpc) is 3.13. The van der Waals surface area contributed by atoms with Gasteiger partial charge in [-0.15, -0.1) is 0 Å². The molecule has 0 saturated heterocycles. The van der Waals surface area contributed by atoms with Gasteiger partial charge in [-0.05, 0) is 35.9 Å². The minimum absolute atomic E-state index is 0.0152. The lowest BCUT2D eigenvalue weighted by atomic mass is 10.1. The molecule has 3 rings (SSSR count). The molecule has 0 amide bonds. The molecular weight excluding hydrogens is 436 g/mol. The smallest absolute Gasteiger partial charge is 0.333 e. The number of nitrogens with zero attached hydrogens (tertiary/aromatic N) is 2. The Morgan fingerprint density at radius 3 is 2.10 bits per heavy atom. The van der Waals surface area contributed by atoms with Crippen LogP contribution >= 0.6 is 0 Å². The maximum atomic E-state index is 13.0. The van der Waals surface area contributed by atoms with Gasteiger partial charge in [0.25, 0.3) is 10.0 Å². The van der Waals surface area contributed by atoms with Crippen molar-refractivity contribution in [2.45, 2.75) is 23.8 Å². The van der Waals surface area contributed by atoms with Crippen molar-refractivity contribution in [3.05, 3.63) is 77.9 Å². The maximum absolute atomic E-state index is 13.0. The molecule has 1 aromatic heterocycles. The molecule has 0 spiro atoms. The summed E-state index contributed by atoms with van der Waals surface area (Å²) in [5.74, 6) is 0. The summed E-state index contributed by atoms with van der Waals surface area (Å²) >= 11 is 0. The quantitative estimate of drug-likeness (QED) is 0.571. The molecule has 2 aromatic carbocycles. The van der Waals surface area contributed by atoms with E-state index in [4.69, 9.17) is 0 Å². The normalized spacial score (nSPS) is 12.7. The monoisotopic (exact) mass is 449 g/mol. The number of alkyl halides is 6. The van der Waals surface area contributed by atoms with Gasteiger partial charge in [-0.25, -0.2) is 13.4 Å². The van der Waals surface area contributed by atoms with Gasteiger partial charge in [0.05, 0.1) is 22.3 Å². The summed E-state index contributed by atoms with van der Waals surface area (Å²) in [6.45, 7) is 0.331. The molecule has 3 aromatic rings. The number of anilines is 1. The van der Waals surface area contributed by atoms with E-state index >= 15 is 0 Å². The molecule has 0 radical (unpaired) electrons. The number of benzene rings is 2. The van der Waals surface area contributed by atoms with Crippen molar-refractivity contribution in [2.24, 2.45) is 0 Å². The van der Waals surface area contributed by atoms with E-state index in [1.807, 2.05) is 4.72 Å². The Labute approximate surface area is 167 Å². The van der Waals surface area contributed by atoms with Crippen LogP contribution in [0.15, 0.2) is 66.1 Å². The van der Waals surface area contributed by atoms with Crippen LogP contribution in [0.2, 0.25) is 0 Å². The fourth-order valence-corrected chi connectivity index (χ4v) is 3.74. The van der Waals surface area contributed by atoms with Gasteiger partial charge in [0, 0.05) is 24.6 Å². The highest BCUT2D eigenvalue weighted by molar-refractivity contribution is 7.92. The Hall–Kier alpha value is -3.02. The third-order valence-electron chi connectivity index (χ3n) is 3.98. The first-order chi connectivity index (χ1) is 13.8. The molecule has 160 valence electrons. The Balaban J connectivity index is 1.96. The Bertz CT molecular complexity index is 1110. The summed E-state index contributed by atoms with van der Waals surface area (Å²) in [5.41, 5.74) is -2.81. The third-order valence-corrected chi connectivity index (χ3v) is 5.34. The zero-order chi connectivity index (χ0) is 22.2. The highest BCUT2D eigenvalue weighted by Crippen LogP contribution is 2.37. The van der Waals surface area contributed by atoms with Gasteiger partial charge >= 0.3 is 12.4 Å². The lowest BCUT2D eigenvalue weighted by molar-refractivity contribution is -0.143. The van der Waals surface area contributed by atoms with E-state index in [9.17, 15) is 34.8 Å². The topological polar surface area (TPSA) is 64.0 Å². The van der Waals surface area contributed by atoms with E-state index in [1.54, 1.807) is 23.0 Å². The largest absolute Gasteiger partial charge is 0.416 e. The molecule has 0 bridgehead atoms. The van der Waals surface area contributed by atoms with E-state index in [0.29, 0.717) is 12.1 Å². The van der Waals surface area contributed by atoms with Gasteiger partial charge in [0.15, 0.2) is 0 Å². The van der Waals surface area contributed by atoms with Gasteiger partial charge in [0.1, 0.15) is 0 Å². The van der Waals surface area contributed by atoms with Crippen molar-refractivity contribution >= 4 is 15.7 Å². The molecule has 30 heavy (non-hydrogen) atoms. The van der Waals surface area contributed by atoms with Gasteiger partial charge in [-0.2, -0.15) is 26.3 Å². The second kappa shape index (κ2) is 7.67. The van der Waals surface area contributed by atoms with Crippen LogP contribution in [0.1, 0.15) is 16.7 Å². The number of halogens is 6. The van der Waals surface area contributed by atoms with E-state index in [2.05, 4.69) is 4.98 Å². The number of sulfonamides is 1. The van der Waals surface area contributed by atoms with E-state index in [1.165, 1.54) is 24.5 Å². The molecule has 0 aliphatic rings. The van der Waals surface area contributed by atoms with Crippen molar-refractivity contribution < 1.29 is 34.8 Å². The molecule has 0 aliphatic heterocycles. The zero-order valence-corrected chi connectivity index (χ0v) is 15.7. The standard InChI is InChI=1S/C18H13F6N3O2S/c19-17(20,21)13-7-14(18(22,23)24)9-16(8-13)30(28,29)26-15-3-1-2-12(6-15)10-27-5-4-25-11-27/h1-9,11,26H,10H2. The summed E-state index contributed by atoms with van der Waals surface area (Å²) in [4.78, 5) is 2.72. The average molecular weight is 449 g/mol. The fourth-order valence-electron chi connectivity index (χ4n) is 2.62. The first-order valence-electron chi connectivity index (χ1n) is 8.21. The molecule has 0 atom stereocenters. The lowest BCUT2D eigenvalue weighted by Crippen LogP contribution is -2.17. The summed E-state index contributed by atoms with van der Waals surface area (Å²) in [7, 11) is -4.73. The van der Waals surface area contributed by atoms with E-state index in [0.717, 1.165) is 0 Å². The van der Waals surface area contributed by atoms with Gasteiger partial charge in [0.2, 0.25) is 0 Å². The second-order valence-electron chi connectivity index (χ2n) is 6.28. The molecule has 0 aliphatic carbocycles. The number of aromatic nitrogens is 2. The minimum Gasteiger partial charge on any atom is -0.333 e. The number of nitrogens with one attached hydrogen (secondary N) is 1. The van der Waals surface area contributed by atoms with Gasteiger partial charge in [-0.1, -0.05) is 12.1 Å². The van der Waals surface area contributed by atoms with Crippen molar-refractivity contribution in [3.63, 3.8) is 0 Å².